The highest BCUT2D eigenvalue weighted by Gasteiger charge is 2.27. The van der Waals surface area contributed by atoms with Crippen LogP contribution in [0.15, 0.2) is 53.6 Å². The Labute approximate surface area is 226 Å². The first-order valence-electron chi connectivity index (χ1n) is 12.4. The highest BCUT2D eigenvalue weighted by atomic mass is 35.5. The lowest BCUT2D eigenvalue weighted by atomic mass is 9.86. The van der Waals surface area contributed by atoms with Crippen molar-refractivity contribution in [3.8, 4) is 11.4 Å². The Hall–Kier alpha value is -3.86. The second-order valence-corrected chi connectivity index (χ2v) is 9.91. The number of fused-ring (bicyclic) bond motifs is 1. The largest absolute Gasteiger partial charge is 0.494 e. The molecule has 12 heteroatoms. The van der Waals surface area contributed by atoms with Crippen molar-refractivity contribution in [1.82, 2.24) is 24.4 Å². The Morgan fingerprint density at radius 2 is 1.95 bits per heavy atom. The summed E-state index contributed by atoms with van der Waals surface area (Å²) >= 11 is 5.88. The van der Waals surface area contributed by atoms with Gasteiger partial charge < -0.3 is 10.1 Å². The van der Waals surface area contributed by atoms with Gasteiger partial charge in [-0.2, -0.15) is 0 Å². The number of nitrogens with zero attached hydrogens (tertiary/aromatic N) is 4. The number of imidazole rings is 1. The molecule has 1 aliphatic rings. The summed E-state index contributed by atoms with van der Waals surface area (Å²) in [5.41, 5.74) is 0.409. The van der Waals surface area contributed by atoms with Crippen molar-refractivity contribution >= 4 is 28.7 Å². The fourth-order valence-electron chi connectivity index (χ4n) is 5.10. The Balaban J connectivity index is 1.32. The van der Waals surface area contributed by atoms with Crippen LogP contribution in [0.1, 0.15) is 48.2 Å². The van der Waals surface area contributed by atoms with Crippen LogP contribution < -0.4 is 15.7 Å². The predicted molar refractivity (Wildman–Crippen MR) is 139 cm³/mol. The molecule has 3 heterocycles. The minimum atomic E-state index is -2.90. The van der Waals surface area contributed by atoms with Crippen molar-refractivity contribution in [3.63, 3.8) is 0 Å². The lowest BCUT2D eigenvalue weighted by Crippen LogP contribution is -2.39. The number of carbonyl (C=O) groups excluding carboxylic acids is 1. The molecule has 39 heavy (non-hydrogen) atoms. The van der Waals surface area contributed by atoms with Gasteiger partial charge in [0.05, 0.1) is 28.9 Å². The summed E-state index contributed by atoms with van der Waals surface area (Å²) in [4.78, 5) is 34.3. The van der Waals surface area contributed by atoms with Crippen LogP contribution in [0.3, 0.4) is 0 Å². The average Bonchev–Trinajstić information content (AvgIpc) is 3.20. The minimum absolute atomic E-state index is 0.0267. The van der Waals surface area contributed by atoms with E-state index in [9.17, 15) is 22.8 Å². The standard InChI is InChI=1S/C27H25ClF3N5O3/c1-39-22-12-18(8-9-20(22)29)36-21-3-2-10-32-25(21)35(27(36)38)14-15-4-6-17(7-5-15)34-26(37)19-11-16(28)13-33-23(19)24(30)31/h2-3,8-13,15,17,24H,4-7,14H2,1H3,(H,34,37). The molecule has 1 fully saturated rings. The van der Waals surface area contributed by atoms with Crippen LogP contribution in [0, 0.1) is 11.7 Å². The molecule has 1 aromatic carbocycles. The van der Waals surface area contributed by atoms with Gasteiger partial charge >= 0.3 is 5.69 Å². The molecular formula is C27H25ClF3N5O3. The zero-order valence-electron chi connectivity index (χ0n) is 20.9. The summed E-state index contributed by atoms with van der Waals surface area (Å²) in [6.07, 6.45) is 2.44. The van der Waals surface area contributed by atoms with Crippen molar-refractivity contribution in [1.29, 1.82) is 0 Å². The second-order valence-electron chi connectivity index (χ2n) is 9.47. The molecule has 0 atom stereocenters. The van der Waals surface area contributed by atoms with Crippen molar-refractivity contribution in [2.75, 3.05) is 7.11 Å². The maximum atomic E-state index is 14.0. The van der Waals surface area contributed by atoms with Gasteiger partial charge in [0.15, 0.2) is 17.2 Å². The number of halogens is 4. The van der Waals surface area contributed by atoms with Gasteiger partial charge in [0, 0.05) is 31.0 Å². The molecule has 5 rings (SSSR count). The Morgan fingerprint density at radius 3 is 2.67 bits per heavy atom. The third kappa shape index (κ3) is 5.36. The molecule has 0 bridgehead atoms. The second kappa shape index (κ2) is 11.1. The van der Waals surface area contributed by atoms with Gasteiger partial charge in [-0.15, -0.1) is 0 Å². The number of amides is 1. The van der Waals surface area contributed by atoms with Crippen LogP contribution in [0.4, 0.5) is 13.2 Å². The summed E-state index contributed by atoms with van der Waals surface area (Å²) in [5, 5.41) is 2.93. The molecule has 1 saturated carbocycles. The Kier molecular flexibility index (Phi) is 7.60. The van der Waals surface area contributed by atoms with E-state index in [0.29, 0.717) is 49.1 Å². The van der Waals surface area contributed by atoms with Crippen LogP contribution >= 0.6 is 11.6 Å². The molecule has 4 aromatic rings. The molecule has 1 aliphatic carbocycles. The summed E-state index contributed by atoms with van der Waals surface area (Å²) in [6, 6.07) is 8.73. The predicted octanol–water partition coefficient (Wildman–Crippen LogP) is 5.31. The topological polar surface area (TPSA) is 91.0 Å². The maximum absolute atomic E-state index is 14.0. The molecule has 0 unspecified atom stereocenters. The number of carbonyl (C=O) groups is 1. The third-order valence-electron chi connectivity index (χ3n) is 7.04. The number of hydrogen-bond donors (Lipinski definition) is 1. The van der Waals surface area contributed by atoms with E-state index < -0.39 is 23.8 Å². The third-order valence-corrected chi connectivity index (χ3v) is 7.24. The number of ether oxygens (including phenoxy) is 1. The summed E-state index contributed by atoms with van der Waals surface area (Å²) < 4.78 is 48.8. The average molecular weight is 560 g/mol. The SMILES string of the molecule is COc1cc(-n2c(=O)n(CC3CCC(NC(=O)c4cc(Cl)cnc4C(F)F)CC3)c3ncccc32)ccc1F. The minimum Gasteiger partial charge on any atom is -0.494 e. The lowest BCUT2D eigenvalue weighted by molar-refractivity contribution is 0.0904. The van der Waals surface area contributed by atoms with Crippen molar-refractivity contribution in [2.45, 2.75) is 44.7 Å². The van der Waals surface area contributed by atoms with Crippen LogP contribution in [-0.2, 0) is 6.54 Å². The smallest absolute Gasteiger partial charge is 0.334 e. The molecular weight excluding hydrogens is 535 g/mol. The Bertz CT molecular complexity index is 1580. The van der Waals surface area contributed by atoms with Gasteiger partial charge in [-0.05, 0) is 61.9 Å². The number of nitrogens with one attached hydrogen (secondary N) is 1. The van der Waals surface area contributed by atoms with Crippen LogP contribution in [0.2, 0.25) is 5.02 Å². The molecule has 204 valence electrons. The normalized spacial score (nSPS) is 17.5. The maximum Gasteiger partial charge on any atom is 0.334 e. The summed E-state index contributed by atoms with van der Waals surface area (Å²) in [6.45, 7) is 0.409. The number of hydrogen-bond acceptors (Lipinski definition) is 5. The van der Waals surface area contributed by atoms with E-state index in [1.54, 1.807) is 22.9 Å². The fraction of sp³-hybridized carbons (Fsp3) is 0.333. The van der Waals surface area contributed by atoms with Gasteiger partial charge in [0.1, 0.15) is 5.69 Å². The van der Waals surface area contributed by atoms with E-state index in [-0.39, 0.29) is 34.0 Å². The molecule has 0 spiro atoms. The van der Waals surface area contributed by atoms with E-state index in [0.717, 1.165) is 6.20 Å². The summed E-state index contributed by atoms with van der Waals surface area (Å²) in [7, 11) is 1.36. The number of aromatic nitrogens is 4. The van der Waals surface area contributed by atoms with Gasteiger partial charge in [-0.3, -0.25) is 18.9 Å². The highest BCUT2D eigenvalue weighted by molar-refractivity contribution is 6.30. The molecule has 0 radical (unpaired) electrons. The van der Waals surface area contributed by atoms with E-state index in [2.05, 4.69) is 15.3 Å². The number of benzene rings is 1. The first-order chi connectivity index (χ1) is 18.8. The van der Waals surface area contributed by atoms with Crippen LogP contribution in [0.25, 0.3) is 16.9 Å². The van der Waals surface area contributed by atoms with E-state index in [1.807, 2.05) is 0 Å². The van der Waals surface area contributed by atoms with Gasteiger partial charge in [0.25, 0.3) is 12.3 Å². The molecule has 0 saturated heterocycles. The quantitative estimate of drug-likeness (QED) is 0.331. The zero-order valence-corrected chi connectivity index (χ0v) is 21.7. The first-order valence-corrected chi connectivity index (χ1v) is 12.8. The fourth-order valence-corrected chi connectivity index (χ4v) is 5.26. The van der Waals surface area contributed by atoms with Gasteiger partial charge in [-0.1, -0.05) is 11.6 Å². The zero-order chi connectivity index (χ0) is 27.7. The number of methoxy groups -OCH3 is 1. The molecule has 8 nitrogen and oxygen atoms in total. The molecule has 3 aromatic heterocycles. The van der Waals surface area contributed by atoms with Crippen LogP contribution in [0.5, 0.6) is 5.75 Å². The van der Waals surface area contributed by atoms with E-state index in [4.69, 9.17) is 16.3 Å². The molecule has 0 aliphatic heterocycles. The van der Waals surface area contributed by atoms with E-state index >= 15 is 0 Å². The summed E-state index contributed by atoms with van der Waals surface area (Å²) in [5.74, 6) is -1.01. The van der Waals surface area contributed by atoms with E-state index in [1.165, 1.54) is 35.9 Å². The monoisotopic (exact) mass is 559 g/mol. The lowest BCUT2D eigenvalue weighted by Gasteiger charge is -2.29. The van der Waals surface area contributed by atoms with Crippen molar-refractivity contribution < 1.29 is 22.7 Å². The Morgan fingerprint density at radius 1 is 1.18 bits per heavy atom. The first kappa shape index (κ1) is 26.7. The molecule has 1 amide bonds. The van der Waals surface area contributed by atoms with Crippen LogP contribution in [-0.4, -0.2) is 38.2 Å². The van der Waals surface area contributed by atoms with Gasteiger partial charge in [0.2, 0.25) is 0 Å². The number of pyridine rings is 2. The highest BCUT2D eigenvalue weighted by Crippen LogP contribution is 2.29. The van der Waals surface area contributed by atoms with Gasteiger partial charge in [-0.25, -0.2) is 22.9 Å². The van der Waals surface area contributed by atoms with Crippen molar-refractivity contribution in [2.24, 2.45) is 5.92 Å². The number of rotatable bonds is 7. The molecule has 1 N–H and O–H groups in total. The van der Waals surface area contributed by atoms with Crippen molar-refractivity contribution in [3.05, 3.63) is 81.4 Å². The number of alkyl halides is 2.